The third-order valence-electron chi connectivity index (χ3n) is 5.58. The summed E-state index contributed by atoms with van der Waals surface area (Å²) >= 11 is 0. The Morgan fingerprint density at radius 1 is 0.538 bits per heavy atom. The molecule has 158 valence electrons. The zero-order valence-electron chi connectivity index (χ0n) is 18.1. The molecule has 1 unspecified atom stereocenters. The summed E-state index contributed by atoms with van der Waals surface area (Å²) in [6.45, 7) is 6.32. The van der Waals surface area contributed by atoms with Gasteiger partial charge in [0.15, 0.2) is 0 Å². The molecule has 5 N–H and O–H groups in total. The van der Waals surface area contributed by atoms with E-state index in [1.165, 1.54) is 122 Å². The highest BCUT2D eigenvalue weighted by molar-refractivity contribution is 4.63. The van der Waals surface area contributed by atoms with Gasteiger partial charge >= 0.3 is 0 Å². The number of nitrogens with two attached hydrogens (primary N) is 2. The Labute approximate surface area is 165 Å². The van der Waals surface area contributed by atoms with Gasteiger partial charge in [-0.05, 0) is 57.8 Å². The van der Waals surface area contributed by atoms with Gasteiger partial charge < -0.3 is 16.8 Å². The zero-order valence-corrected chi connectivity index (χ0v) is 18.1. The molecule has 0 spiro atoms. The van der Waals surface area contributed by atoms with Gasteiger partial charge in [0.2, 0.25) is 0 Å². The van der Waals surface area contributed by atoms with Crippen molar-refractivity contribution < 1.29 is 0 Å². The van der Waals surface area contributed by atoms with Crippen LogP contribution in [0.15, 0.2) is 0 Å². The first-order valence-corrected chi connectivity index (χ1v) is 12.0. The van der Waals surface area contributed by atoms with Crippen molar-refractivity contribution in [2.24, 2.45) is 17.4 Å². The van der Waals surface area contributed by atoms with Gasteiger partial charge in [-0.25, -0.2) is 0 Å². The Kier molecular flexibility index (Phi) is 22.8. The third kappa shape index (κ3) is 20.2. The molecule has 1 atom stereocenters. The second-order valence-corrected chi connectivity index (χ2v) is 8.16. The van der Waals surface area contributed by atoms with Crippen LogP contribution in [-0.2, 0) is 0 Å². The molecule has 0 bridgehead atoms. The molecule has 0 aromatic heterocycles. The lowest BCUT2D eigenvalue weighted by molar-refractivity contribution is 0.394. The molecule has 0 aliphatic heterocycles. The van der Waals surface area contributed by atoms with Gasteiger partial charge in [-0.15, -0.1) is 0 Å². The lowest BCUT2D eigenvalue weighted by Crippen LogP contribution is -2.20. The van der Waals surface area contributed by atoms with Crippen LogP contribution in [0.25, 0.3) is 0 Å². The van der Waals surface area contributed by atoms with E-state index in [-0.39, 0.29) is 0 Å². The van der Waals surface area contributed by atoms with Crippen molar-refractivity contribution in [3.8, 4) is 0 Å². The van der Waals surface area contributed by atoms with Crippen molar-refractivity contribution in [1.82, 2.24) is 5.32 Å². The van der Waals surface area contributed by atoms with Gasteiger partial charge in [-0.3, -0.25) is 0 Å². The maximum Gasteiger partial charge on any atom is -0.00463 e. The molecule has 0 heterocycles. The summed E-state index contributed by atoms with van der Waals surface area (Å²) < 4.78 is 0. The van der Waals surface area contributed by atoms with Crippen LogP contribution in [-0.4, -0.2) is 26.2 Å². The van der Waals surface area contributed by atoms with Gasteiger partial charge in [-0.2, -0.15) is 0 Å². The van der Waals surface area contributed by atoms with Crippen molar-refractivity contribution in [3.05, 3.63) is 0 Å². The largest absolute Gasteiger partial charge is 0.330 e. The van der Waals surface area contributed by atoms with Crippen molar-refractivity contribution in [1.29, 1.82) is 0 Å². The van der Waals surface area contributed by atoms with Gasteiger partial charge in [0, 0.05) is 0 Å². The number of unbranched alkanes of at least 4 members (excludes halogenated alkanes) is 12. The second-order valence-electron chi connectivity index (χ2n) is 8.16. The fourth-order valence-corrected chi connectivity index (χ4v) is 3.77. The Morgan fingerprint density at radius 2 is 1.12 bits per heavy atom. The van der Waals surface area contributed by atoms with Crippen LogP contribution in [0.3, 0.4) is 0 Å². The summed E-state index contributed by atoms with van der Waals surface area (Å²) in [5.41, 5.74) is 11.3. The normalized spacial score (nSPS) is 12.6. The minimum absolute atomic E-state index is 0.808. The topological polar surface area (TPSA) is 64.1 Å². The first-order chi connectivity index (χ1) is 12.8. The van der Waals surface area contributed by atoms with Crippen LogP contribution in [0.2, 0.25) is 0 Å². The molecular weight excluding hydrogens is 318 g/mol. The Bertz CT molecular complexity index is 246. The van der Waals surface area contributed by atoms with E-state index >= 15 is 0 Å². The summed E-state index contributed by atoms with van der Waals surface area (Å²) in [5.74, 6) is 0.808. The van der Waals surface area contributed by atoms with E-state index in [1.807, 2.05) is 0 Å². The predicted molar refractivity (Wildman–Crippen MR) is 119 cm³/mol. The fraction of sp³-hybridized carbons (Fsp3) is 1.00. The highest BCUT2D eigenvalue weighted by atomic mass is 14.8. The van der Waals surface area contributed by atoms with Crippen LogP contribution in [0.4, 0.5) is 0 Å². The highest BCUT2D eigenvalue weighted by Crippen LogP contribution is 2.16. The summed E-state index contributed by atoms with van der Waals surface area (Å²) in [5, 5.41) is 3.65. The molecule has 0 fully saturated rings. The SMILES string of the molecule is CCCCCCCCCCCCCNCCC(CCN)CCCCCN. The minimum Gasteiger partial charge on any atom is -0.330 e. The van der Waals surface area contributed by atoms with Crippen LogP contribution in [0, 0.1) is 5.92 Å². The Hall–Kier alpha value is -0.120. The average Bonchev–Trinajstić information content (AvgIpc) is 2.65. The van der Waals surface area contributed by atoms with Crippen molar-refractivity contribution in [2.45, 2.75) is 116 Å². The molecule has 0 aromatic rings. The summed E-state index contributed by atoms with van der Waals surface area (Å²) in [6, 6.07) is 0. The van der Waals surface area contributed by atoms with E-state index in [0.717, 1.165) is 19.0 Å². The first-order valence-electron chi connectivity index (χ1n) is 12.0. The van der Waals surface area contributed by atoms with Gasteiger partial charge in [-0.1, -0.05) is 90.4 Å². The van der Waals surface area contributed by atoms with E-state index in [4.69, 9.17) is 11.5 Å². The lowest BCUT2D eigenvalue weighted by Gasteiger charge is -2.16. The third-order valence-corrected chi connectivity index (χ3v) is 5.58. The predicted octanol–water partition coefficient (Wildman–Crippen LogP) is 5.76. The van der Waals surface area contributed by atoms with Gasteiger partial charge in [0.25, 0.3) is 0 Å². The van der Waals surface area contributed by atoms with Crippen LogP contribution in [0.5, 0.6) is 0 Å². The lowest BCUT2D eigenvalue weighted by atomic mass is 9.94. The maximum atomic E-state index is 5.77. The number of rotatable bonds is 22. The molecule has 0 aromatic carbocycles. The minimum atomic E-state index is 0.808. The quantitative estimate of drug-likeness (QED) is 0.212. The molecule has 0 amide bonds. The number of hydrogen-bond donors (Lipinski definition) is 3. The number of nitrogens with one attached hydrogen (secondary N) is 1. The van der Waals surface area contributed by atoms with Crippen molar-refractivity contribution in [3.63, 3.8) is 0 Å². The summed E-state index contributed by atoms with van der Waals surface area (Å²) in [7, 11) is 0. The Balaban J connectivity index is 3.29. The summed E-state index contributed by atoms with van der Waals surface area (Å²) in [4.78, 5) is 0. The van der Waals surface area contributed by atoms with Gasteiger partial charge in [0.1, 0.15) is 0 Å². The standard InChI is InChI=1S/C23H51N3/c1-2-3-4-5-6-7-8-9-10-11-15-21-26-22-18-23(17-20-25)16-13-12-14-19-24/h23,26H,2-22,24-25H2,1H3. The van der Waals surface area contributed by atoms with E-state index in [0.29, 0.717) is 0 Å². The summed E-state index contributed by atoms with van der Waals surface area (Å²) in [6.07, 6.45) is 23.2. The van der Waals surface area contributed by atoms with Crippen molar-refractivity contribution in [2.75, 3.05) is 26.2 Å². The van der Waals surface area contributed by atoms with Crippen LogP contribution < -0.4 is 16.8 Å². The molecule has 0 radical (unpaired) electrons. The molecule has 0 saturated carbocycles. The Morgan fingerprint density at radius 3 is 1.69 bits per heavy atom. The van der Waals surface area contributed by atoms with Crippen LogP contribution in [0.1, 0.15) is 116 Å². The monoisotopic (exact) mass is 369 g/mol. The average molecular weight is 370 g/mol. The molecule has 3 heteroatoms. The molecule has 0 aliphatic rings. The van der Waals surface area contributed by atoms with E-state index < -0.39 is 0 Å². The molecular formula is C23H51N3. The molecule has 0 rings (SSSR count). The molecule has 0 saturated heterocycles. The molecule has 3 nitrogen and oxygen atoms in total. The zero-order chi connectivity index (χ0) is 19.1. The second kappa shape index (κ2) is 22.9. The fourth-order valence-electron chi connectivity index (χ4n) is 3.77. The highest BCUT2D eigenvalue weighted by Gasteiger charge is 2.07. The number of hydrogen-bond acceptors (Lipinski definition) is 3. The first kappa shape index (κ1) is 25.9. The van der Waals surface area contributed by atoms with E-state index in [9.17, 15) is 0 Å². The molecule has 26 heavy (non-hydrogen) atoms. The maximum absolute atomic E-state index is 5.77. The van der Waals surface area contributed by atoms with Crippen LogP contribution >= 0.6 is 0 Å². The van der Waals surface area contributed by atoms with E-state index in [1.54, 1.807) is 0 Å². The molecule has 0 aliphatic carbocycles. The van der Waals surface area contributed by atoms with Crippen molar-refractivity contribution >= 4 is 0 Å². The van der Waals surface area contributed by atoms with Gasteiger partial charge in [0.05, 0.1) is 0 Å². The smallest absolute Gasteiger partial charge is 0.00463 e. The van der Waals surface area contributed by atoms with E-state index in [2.05, 4.69) is 12.2 Å².